The smallest absolute Gasteiger partial charge is 0.258 e. The number of halogens is 2. The van der Waals surface area contributed by atoms with Crippen LogP contribution in [0, 0.1) is 12.7 Å². The van der Waals surface area contributed by atoms with E-state index in [-0.39, 0.29) is 40.8 Å². The second kappa shape index (κ2) is 8.43. The number of rotatable bonds is 9. The molecule has 0 unspecified atom stereocenters. The van der Waals surface area contributed by atoms with Gasteiger partial charge in [-0.25, -0.2) is 9.37 Å². The molecular weight excluding hydrogens is 467 g/mol. The number of aromatic nitrogens is 3. The van der Waals surface area contributed by atoms with Crippen LogP contribution in [0.5, 0.6) is 17.4 Å². The van der Waals surface area contributed by atoms with Crippen molar-refractivity contribution >= 4 is 17.5 Å². The summed E-state index contributed by atoms with van der Waals surface area (Å²) in [5, 5.41) is 11.3. The maximum absolute atomic E-state index is 13.5. The van der Waals surface area contributed by atoms with Gasteiger partial charge in [-0.05, 0) is 44.4 Å². The maximum Gasteiger partial charge on any atom is 0.258 e. The molecular formula is C23H22ClFN4O5. The molecule has 6 rings (SSSR count). The van der Waals surface area contributed by atoms with Crippen molar-refractivity contribution in [2.45, 2.75) is 43.7 Å². The number of benzene rings is 1. The summed E-state index contributed by atoms with van der Waals surface area (Å²) in [7, 11) is 1.56. The molecule has 1 aromatic carbocycles. The van der Waals surface area contributed by atoms with E-state index in [1.54, 1.807) is 13.3 Å². The van der Waals surface area contributed by atoms with E-state index in [9.17, 15) is 9.18 Å². The number of nitrogens with one attached hydrogen (secondary N) is 1. The van der Waals surface area contributed by atoms with Gasteiger partial charge in [0.2, 0.25) is 11.8 Å². The highest BCUT2D eigenvalue weighted by molar-refractivity contribution is 6.30. The lowest BCUT2D eigenvalue weighted by Gasteiger charge is -2.68. The van der Waals surface area contributed by atoms with Crippen molar-refractivity contribution in [2.75, 3.05) is 13.7 Å². The second-order valence-electron chi connectivity index (χ2n) is 8.79. The molecule has 178 valence electrons. The fourth-order valence-corrected chi connectivity index (χ4v) is 4.81. The average molecular weight is 489 g/mol. The summed E-state index contributed by atoms with van der Waals surface area (Å²) >= 11 is 5.65. The Balaban J connectivity index is 1.10. The summed E-state index contributed by atoms with van der Waals surface area (Å²) in [5.41, 5.74) is 0.359. The van der Waals surface area contributed by atoms with Crippen molar-refractivity contribution in [1.29, 1.82) is 0 Å². The van der Waals surface area contributed by atoms with Crippen molar-refractivity contribution in [3.63, 3.8) is 0 Å². The third kappa shape index (κ3) is 4.13. The molecule has 0 saturated heterocycles. The number of carbonyl (C=O) groups is 1. The molecule has 3 saturated carbocycles. The molecule has 2 bridgehead atoms. The van der Waals surface area contributed by atoms with E-state index in [4.69, 9.17) is 30.2 Å². The van der Waals surface area contributed by atoms with Gasteiger partial charge < -0.3 is 23.9 Å². The Morgan fingerprint density at radius 1 is 1.21 bits per heavy atom. The molecule has 2 aromatic heterocycles. The van der Waals surface area contributed by atoms with Crippen LogP contribution in [0.1, 0.15) is 36.6 Å². The van der Waals surface area contributed by atoms with Crippen LogP contribution in [0.15, 0.2) is 34.9 Å². The largest absolute Gasteiger partial charge is 0.484 e. The summed E-state index contributed by atoms with van der Waals surface area (Å²) in [6.07, 6.45) is 3.71. The van der Waals surface area contributed by atoms with Crippen LogP contribution in [0.25, 0.3) is 0 Å². The monoisotopic (exact) mass is 488 g/mol. The molecule has 0 aliphatic heterocycles. The van der Waals surface area contributed by atoms with E-state index in [2.05, 4.69) is 20.5 Å². The van der Waals surface area contributed by atoms with Crippen molar-refractivity contribution in [1.82, 2.24) is 20.5 Å². The van der Waals surface area contributed by atoms with Gasteiger partial charge in [0.25, 0.3) is 11.8 Å². The zero-order valence-corrected chi connectivity index (χ0v) is 19.3. The third-order valence-corrected chi connectivity index (χ3v) is 6.48. The zero-order chi connectivity index (χ0) is 23.9. The Hall–Kier alpha value is -3.40. The zero-order valence-electron chi connectivity index (χ0n) is 18.6. The molecule has 0 radical (unpaired) electrons. The lowest BCUT2D eigenvalue weighted by molar-refractivity contribution is -0.143. The van der Waals surface area contributed by atoms with Gasteiger partial charge in [-0.1, -0.05) is 11.6 Å². The Bertz CT molecular complexity index is 1230. The topological polar surface area (TPSA) is 109 Å². The van der Waals surface area contributed by atoms with Gasteiger partial charge >= 0.3 is 0 Å². The number of hydrogen-bond acceptors (Lipinski definition) is 8. The van der Waals surface area contributed by atoms with Gasteiger partial charge in [-0.3, -0.25) is 4.79 Å². The molecule has 1 amide bonds. The number of nitrogens with zero attached hydrogens (tertiary/aromatic N) is 3. The van der Waals surface area contributed by atoms with Crippen LogP contribution in [-0.4, -0.2) is 40.3 Å². The molecule has 2 heterocycles. The lowest BCUT2D eigenvalue weighted by Crippen LogP contribution is -2.77. The summed E-state index contributed by atoms with van der Waals surface area (Å²) in [6.45, 7) is 1.79. The Labute approximate surface area is 199 Å². The number of ether oxygens (including phenoxy) is 3. The van der Waals surface area contributed by atoms with Crippen LogP contribution >= 0.6 is 11.6 Å². The lowest BCUT2D eigenvalue weighted by atomic mass is 9.39. The van der Waals surface area contributed by atoms with Crippen LogP contribution in [0.3, 0.4) is 0 Å². The minimum atomic E-state index is -0.596. The predicted octanol–water partition coefficient (Wildman–Crippen LogP) is 3.52. The van der Waals surface area contributed by atoms with E-state index in [0.29, 0.717) is 42.7 Å². The quantitative estimate of drug-likeness (QED) is 0.487. The molecule has 3 aromatic rings. The van der Waals surface area contributed by atoms with Crippen LogP contribution in [-0.2, 0) is 16.8 Å². The van der Waals surface area contributed by atoms with Gasteiger partial charge in [0.15, 0.2) is 13.2 Å². The minimum absolute atomic E-state index is 0.000417. The van der Waals surface area contributed by atoms with Gasteiger partial charge in [0, 0.05) is 17.2 Å². The Kier molecular flexibility index (Phi) is 5.55. The summed E-state index contributed by atoms with van der Waals surface area (Å²) < 4.78 is 35.5. The van der Waals surface area contributed by atoms with E-state index >= 15 is 0 Å². The van der Waals surface area contributed by atoms with Gasteiger partial charge in [0.05, 0.1) is 23.7 Å². The van der Waals surface area contributed by atoms with E-state index < -0.39 is 5.82 Å². The average Bonchev–Trinajstić information content (AvgIpc) is 3.23. The fourth-order valence-electron chi connectivity index (χ4n) is 4.70. The normalized spacial score (nSPS) is 22.4. The van der Waals surface area contributed by atoms with E-state index in [1.165, 1.54) is 12.1 Å². The summed E-state index contributed by atoms with van der Waals surface area (Å²) in [4.78, 5) is 16.5. The fraction of sp³-hybridized carbons (Fsp3) is 0.391. The first-order valence-corrected chi connectivity index (χ1v) is 11.0. The maximum atomic E-state index is 13.5. The molecule has 1 N–H and O–H groups in total. The Morgan fingerprint density at radius 2 is 2.00 bits per heavy atom. The first kappa shape index (κ1) is 22.4. The van der Waals surface area contributed by atoms with Gasteiger partial charge in [-0.15, -0.1) is 10.2 Å². The standard InChI is InChI=1S/C23H22ClFN4O5/c1-13-5-15(7-26-20(13)31-2)33-9-19-28-29-21(34-19)22-10-23(11-22,12-22)27-18(30)8-32-14-3-4-16(24)17(25)6-14/h3-7H,8-12H2,1-2H3,(H,27,30). The highest BCUT2D eigenvalue weighted by Gasteiger charge is 2.71. The third-order valence-electron chi connectivity index (χ3n) is 6.18. The van der Waals surface area contributed by atoms with Gasteiger partial charge in [-0.2, -0.15) is 0 Å². The molecule has 3 aliphatic rings. The van der Waals surface area contributed by atoms with Crippen molar-refractivity contribution < 1.29 is 27.8 Å². The van der Waals surface area contributed by atoms with Crippen LogP contribution in [0.4, 0.5) is 4.39 Å². The van der Waals surface area contributed by atoms with Crippen molar-refractivity contribution in [3.8, 4) is 17.4 Å². The van der Waals surface area contributed by atoms with E-state index in [0.717, 1.165) is 11.6 Å². The van der Waals surface area contributed by atoms with E-state index in [1.807, 2.05) is 13.0 Å². The number of hydrogen-bond donors (Lipinski definition) is 1. The molecule has 11 heteroatoms. The Morgan fingerprint density at radius 3 is 2.71 bits per heavy atom. The number of aryl methyl sites for hydroxylation is 1. The molecule has 0 spiro atoms. The molecule has 34 heavy (non-hydrogen) atoms. The number of pyridine rings is 1. The summed E-state index contributed by atoms with van der Waals surface area (Å²) in [5.74, 6) is 1.42. The number of carbonyl (C=O) groups excluding carboxylic acids is 1. The molecule has 3 fully saturated rings. The highest BCUT2D eigenvalue weighted by Crippen LogP contribution is 2.67. The van der Waals surface area contributed by atoms with Crippen LogP contribution in [0.2, 0.25) is 5.02 Å². The SMILES string of the molecule is COc1ncc(OCc2nnc(C34CC(NC(=O)COc5ccc(Cl)c(F)c5)(C3)C4)o2)cc1C. The van der Waals surface area contributed by atoms with Crippen molar-refractivity contribution in [3.05, 3.63) is 58.6 Å². The van der Waals surface area contributed by atoms with Crippen LogP contribution < -0.4 is 19.5 Å². The second-order valence-corrected chi connectivity index (χ2v) is 9.20. The number of methoxy groups -OCH3 is 1. The first-order valence-electron chi connectivity index (χ1n) is 10.6. The highest BCUT2D eigenvalue weighted by atomic mass is 35.5. The molecule has 3 aliphatic carbocycles. The predicted molar refractivity (Wildman–Crippen MR) is 117 cm³/mol. The molecule has 9 nitrogen and oxygen atoms in total. The minimum Gasteiger partial charge on any atom is -0.484 e. The van der Waals surface area contributed by atoms with Gasteiger partial charge in [0.1, 0.15) is 17.3 Å². The van der Waals surface area contributed by atoms with Crippen molar-refractivity contribution in [2.24, 2.45) is 0 Å². The summed E-state index contributed by atoms with van der Waals surface area (Å²) in [6, 6.07) is 5.87. The molecule has 0 atom stereocenters. The number of amides is 1. The first-order chi connectivity index (χ1) is 16.3.